The number of thiophene rings is 1. The van der Waals surface area contributed by atoms with Crippen molar-refractivity contribution >= 4 is 27.3 Å². The number of benzene rings is 1. The van der Waals surface area contributed by atoms with Gasteiger partial charge in [0.2, 0.25) is 0 Å². The zero-order valence-corrected chi connectivity index (χ0v) is 13.0. The smallest absolute Gasteiger partial charge is 0.128 e. The van der Waals surface area contributed by atoms with E-state index < -0.39 is 0 Å². The summed E-state index contributed by atoms with van der Waals surface area (Å²) in [6.45, 7) is 1.15. The summed E-state index contributed by atoms with van der Waals surface area (Å²) in [5.41, 5.74) is 6.47. The van der Waals surface area contributed by atoms with E-state index in [2.05, 4.69) is 26.9 Å². The molecular weight excluding hydrogens is 327 g/mol. The van der Waals surface area contributed by atoms with E-state index in [9.17, 15) is 4.39 Å². The number of halogens is 2. The molecule has 1 atom stereocenters. The third-order valence-electron chi connectivity index (χ3n) is 3.05. The van der Waals surface area contributed by atoms with Crippen molar-refractivity contribution in [2.45, 2.75) is 12.6 Å². The van der Waals surface area contributed by atoms with Crippen LogP contribution in [0.15, 0.2) is 40.2 Å². The van der Waals surface area contributed by atoms with E-state index in [1.807, 2.05) is 18.5 Å². The minimum absolute atomic E-state index is 0.109. The van der Waals surface area contributed by atoms with Gasteiger partial charge >= 0.3 is 0 Å². The van der Waals surface area contributed by atoms with Crippen LogP contribution in [0.5, 0.6) is 0 Å². The molecule has 2 rings (SSSR count). The van der Waals surface area contributed by atoms with E-state index in [-0.39, 0.29) is 11.9 Å². The number of hydrogen-bond acceptors (Lipinski definition) is 3. The lowest BCUT2D eigenvalue weighted by Crippen LogP contribution is -2.30. The molecule has 0 fully saturated rings. The van der Waals surface area contributed by atoms with Gasteiger partial charge in [0.05, 0.1) is 0 Å². The Bertz CT molecular complexity index is 544. The SMILES string of the molecule is CN(Cc1cc(Br)cs1)C(CN)c1ccccc1F. The summed E-state index contributed by atoms with van der Waals surface area (Å²) >= 11 is 5.12. The Balaban J connectivity index is 2.15. The van der Waals surface area contributed by atoms with Gasteiger partial charge in [0.25, 0.3) is 0 Å². The van der Waals surface area contributed by atoms with Gasteiger partial charge in [-0.1, -0.05) is 18.2 Å². The van der Waals surface area contributed by atoms with Crippen LogP contribution in [0.2, 0.25) is 0 Å². The molecular formula is C14H16BrFN2S. The predicted molar refractivity (Wildman–Crippen MR) is 81.7 cm³/mol. The average Bonchev–Trinajstić information content (AvgIpc) is 2.78. The first kappa shape index (κ1) is 14.7. The second-order valence-corrected chi connectivity index (χ2v) is 6.33. The molecule has 0 bridgehead atoms. The molecule has 5 heteroatoms. The summed E-state index contributed by atoms with van der Waals surface area (Å²) < 4.78 is 14.9. The van der Waals surface area contributed by atoms with Crippen LogP contribution in [0, 0.1) is 5.82 Å². The van der Waals surface area contributed by atoms with Gasteiger partial charge in [-0.25, -0.2) is 4.39 Å². The van der Waals surface area contributed by atoms with E-state index in [1.54, 1.807) is 23.5 Å². The molecule has 1 aromatic carbocycles. The first-order valence-corrected chi connectivity index (χ1v) is 7.66. The van der Waals surface area contributed by atoms with Crippen LogP contribution in [-0.4, -0.2) is 18.5 Å². The molecule has 0 aliphatic heterocycles. The Morgan fingerprint density at radius 1 is 1.42 bits per heavy atom. The summed E-state index contributed by atoms with van der Waals surface area (Å²) in [6, 6.07) is 8.79. The van der Waals surface area contributed by atoms with E-state index >= 15 is 0 Å². The van der Waals surface area contributed by atoms with Gasteiger partial charge in [0.15, 0.2) is 0 Å². The molecule has 0 aliphatic rings. The largest absolute Gasteiger partial charge is 0.329 e. The highest BCUT2D eigenvalue weighted by molar-refractivity contribution is 9.10. The van der Waals surface area contributed by atoms with Gasteiger partial charge in [-0.15, -0.1) is 11.3 Å². The summed E-state index contributed by atoms with van der Waals surface area (Å²) in [7, 11) is 1.97. The molecule has 0 saturated carbocycles. The maximum absolute atomic E-state index is 13.8. The van der Waals surface area contributed by atoms with Crippen LogP contribution in [0.1, 0.15) is 16.5 Å². The summed E-state index contributed by atoms with van der Waals surface area (Å²) in [6.07, 6.45) is 0. The maximum Gasteiger partial charge on any atom is 0.128 e. The fourth-order valence-electron chi connectivity index (χ4n) is 2.08. The number of hydrogen-bond donors (Lipinski definition) is 1. The first-order chi connectivity index (χ1) is 9.11. The highest BCUT2D eigenvalue weighted by Gasteiger charge is 2.19. The highest BCUT2D eigenvalue weighted by Crippen LogP contribution is 2.26. The van der Waals surface area contributed by atoms with Crippen LogP contribution in [-0.2, 0) is 6.54 Å². The van der Waals surface area contributed by atoms with E-state index in [0.29, 0.717) is 12.1 Å². The summed E-state index contributed by atoms with van der Waals surface area (Å²) in [5, 5.41) is 2.05. The second-order valence-electron chi connectivity index (χ2n) is 4.42. The Morgan fingerprint density at radius 3 is 2.74 bits per heavy atom. The Morgan fingerprint density at radius 2 is 2.16 bits per heavy atom. The standard InChI is InChI=1S/C14H16BrFN2S/c1-18(8-11-6-10(15)9-19-11)14(7-17)12-4-2-3-5-13(12)16/h2-6,9,14H,7-8,17H2,1H3. The van der Waals surface area contributed by atoms with E-state index in [1.165, 1.54) is 10.9 Å². The molecule has 1 aromatic heterocycles. The molecule has 1 unspecified atom stereocenters. The van der Waals surface area contributed by atoms with Gasteiger partial charge in [-0.2, -0.15) is 0 Å². The number of nitrogens with zero attached hydrogens (tertiary/aromatic N) is 1. The van der Waals surface area contributed by atoms with Crippen molar-refractivity contribution < 1.29 is 4.39 Å². The van der Waals surface area contributed by atoms with Crippen molar-refractivity contribution in [1.82, 2.24) is 4.90 Å². The van der Waals surface area contributed by atoms with Crippen molar-refractivity contribution in [3.8, 4) is 0 Å². The van der Waals surface area contributed by atoms with Gasteiger partial charge in [-0.3, -0.25) is 4.90 Å². The maximum atomic E-state index is 13.8. The van der Waals surface area contributed by atoms with Gasteiger partial charge < -0.3 is 5.73 Å². The number of nitrogens with two attached hydrogens (primary N) is 1. The van der Waals surface area contributed by atoms with Crippen molar-refractivity contribution in [1.29, 1.82) is 0 Å². The van der Waals surface area contributed by atoms with Gasteiger partial charge in [0.1, 0.15) is 5.82 Å². The molecule has 2 aromatic rings. The minimum atomic E-state index is -0.197. The normalized spacial score (nSPS) is 12.9. The van der Waals surface area contributed by atoms with Crippen molar-refractivity contribution in [2.75, 3.05) is 13.6 Å². The zero-order valence-electron chi connectivity index (χ0n) is 10.6. The zero-order chi connectivity index (χ0) is 13.8. The Labute approximate surface area is 125 Å². The third-order valence-corrected chi connectivity index (χ3v) is 4.73. The van der Waals surface area contributed by atoms with Crippen LogP contribution < -0.4 is 5.73 Å². The van der Waals surface area contributed by atoms with Gasteiger partial charge in [0, 0.05) is 39.4 Å². The average molecular weight is 343 g/mol. The molecule has 1 heterocycles. The fraction of sp³-hybridized carbons (Fsp3) is 0.286. The molecule has 19 heavy (non-hydrogen) atoms. The van der Waals surface area contributed by atoms with E-state index in [0.717, 1.165) is 11.0 Å². The highest BCUT2D eigenvalue weighted by atomic mass is 79.9. The van der Waals surface area contributed by atoms with Crippen LogP contribution >= 0.6 is 27.3 Å². The lowest BCUT2D eigenvalue weighted by Gasteiger charge is -2.27. The molecule has 0 aliphatic carbocycles. The van der Waals surface area contributed by atoms with Gasteiger partial charge in [-0.05, 0) is 35.1 Å². The summed E-state index contributed by atoms with van der Waals surface area (Å²) in [5.74, 6) is -0.197. The molecule has 102 valence electrons. The van der Waals surface area contributed by atoms with Crippen LogP contribution in [0.25, 0.3) is 0 Å². The molecule has 0 amide bonds. The minimum Gasteiger partial charge on any atom is -0.329 e. The quantitative estimate of drug-likeness (QED) is 0.895. The van der Waals surface area contributed by atoms with E-state index in [4.69, 9.17) is 5.73 Å². The number of rotatable bonds is 5. The van der Waals surface area contributed by atoms with Crippen LogP contribution in [0.3, 0.4) is 0 Å². The van der Waals surface area contributed by atoms with Crippen LogP contribution in [0.4, 0.5) is 4.39 Å². The molecule has 2 N–H and O–H groups in total. The molecule has 2 nitrogen and oxygen atoms in total. The fourth-order valence-corrected chi connectivity index (χ4v) is 3.60. The van der Waals surface area contributed by atoms with Crippen molar-refractivity contribution in [2.24, 2.45) is 5.73 Å². The lowest BCUT2D eigenvalue weighted by atomic mass is 10.1. The molecule has 0 spiro atoms. The number of likely N-dealkylation sites (N-methyl/N-ethyl adjacent to an activating group) is 1. The Kier molecular flexibility index (Phi) is 5.10. The molecule has 0 radical (unpaired) electrons. The summed E-state index contributed by atoms with van der Waals surface area (Å²) in [4.78, 5) is 3.31. The monoisotopic (exact) mass is 342 g/mol. The van der Waals surface area contributed by atoms with Crippen molar-refractivity contribution in [3.05, 3.63) is 56.4 Å². The second kappa shape index (κ2) is 6.61. The topological polar surface area (TPSA) is 29.3 Å². The predicted octanol–water partition coefficient (Wildman–Crippen LogP) is 3.78. The third kappa shape index (κ3) is 3.63. The molecule has 0 saturated heterocycles. The lowest BCUT2D eigenvalue weighted by molar-refractivity contribution is 0.238. The first-order valence-electron chi connectivity index (χ1n) is 5.99. The Hall–Kier alpha value is -0.750. The van der Waals surface area contributed by atoms with Crippen molar-refractivity contribution in [3.63, 3.8) is 0 Å².